The van der Waals surface area contributed by atoms with Crippen molar-refractivity contribution in [2.45, 2.75) is 27.3 Å². The van der Waals surface area contributed by atoms with Crippen LogP contribution in [0, 0.1) is 6.92 Å². The van der Waals surface area contributed by atoms with E-state index in [0.29, 0.717) is 15.7 Å². The number of carbonyl (C=O) groups excluding carboxylic acids is 3. The second-order valence-electron chi connectivity index (χ2n) is 5.38. The van der Waals surface area contributed by atoms with E-state index < -0.39 is 24.5 Å². The molecule has 2 aromatic rings. The number of hydrogen-bond acceptors (Lipinski definition) is 7. The van der Waals surface area contributed by atoms with Gasteiger partial charge in [-0.25, -0.2) is 9.78 Å². The van der Waals surface area contributed by atoms with Gasteiger partial charge in [-0.3, -0.25) is 14.5 Å². The van der Waals surface area contributed by atoms with Crippen LogP contribution >= 0.6 is 11.3 Å². The summed E-state index contributed by atoms with van der Waals surface area (Å²) in [6.45, 7) is 4.75. The molecule has 0 aliphatic rings. The molecule has 1 amide bonds. The van der Waals surface area contributed by atoms with E-state index in [1.54, 1.807) is 13.8 Å². The molecule has 0 aliphatic carbocycles. The van der Waals surface area contributed by atoms with Gasteiger partial charge in [-0.15, -0.1) is 0 Å². The van der Waals surface area contributed by atoms with Gasteiger partial charge in [0.25, 0.3) is 5.91 Å². The van der Waals surface area contributed by atoms with Crippen molar-refractivity contribution < 1.29 is 23.9 Å². The summed E-state index contributed by atoms with van der Waals surface area (Å²) in [7, 11) is 0. The third-order valence-corrected chi connectivity index (χ3v) is 4.52. The molecule has 8 heteroatoms. The molecule has 0 atom stereocenters. The van der Waals surface area contributed by atoms with Gasteiger partial charge < -0.3 is 9.47 Å². The monoisotopic (exact) mass is 376 g/mol. The van der Waals surface area contributed by atoms with Gasteiger partial charge in [0.1, 0.15) is 4.88 Å². The highest BCUT2D eigenvalue weighted by Gasteiger charge is 2.24. The number of thiazole rings is 1. The first kappa shape index (κ1) is 19.6. The minimum atomic E-state index is -0.541. The predicted octanol–water partition coefficient (Wildman–Crippen LogP) is 2.72. The van der Waals surface area contributed by atoms with Crippen LogP contribution in [-0.4, -0.2) is 36.0 Å². The smallest absolute Gasteiger partial charge is 0.350 e. The summed E-state index contributed by atoms with van der Waals surface area (Å²) >= 11 is 1.08. The molecule has 0 saturated carbocycles. The first-order valence-corrected chi connectivity index (χ1v) is 8.86. The fraction of sp³-hybridized carbons (Fsp3) is 0.333. The highest BCUT2D eigenvalue weighted by Crippen LogP contribution is 2.28. The number of ether oxygens (including phenoxy) is 2. The third kappa shape index (κ3) is 5.13. The highest BCUT2D eigenvalue weighted by atomic mass is 32.1. The Morgan fingerprint density at radius 2 is 1.85 bits per heavy atom. The molecular formula is C18H20N2O5S. The standard InChI is InChI=1S/C18H20N2O5S/c1-4-24-17(23)16-12(2)19-18(26-16)20(15(22)11-25-13(3)21)10-14-8-6-5-7-9-14/h5-9H,4,10-11H2,1-3H3. The molecule has 0 radical (unpaired) electrons. The van der Waals surface area contributed by atoms with Crippen molar-refractivity contribution in [1.29, 1.82) is 0 Å². The van der Waals surface area contributed by atoms with Gasteiger partial charge in [-0.2, -0.15) is 0 Å². The van der Waals surface area contributed by atoms with Crippen molar-refractivity contribution in [3.8, 4) is 0 Å². The van der Waals surface area contributed by atoms with Crippen LogP contribution in [0.1, 0.15) is 34.8 Å². The Balaban J connectivity index is 2.30. The summed E-state index contributed by atoms with van der Waals surface area (Å²) in [5.74, 6) is -1.44. The van der Waals surface area contributed by atoms with Crippen LogP contribution in [0.2, 0.25) is 0 Å². The number of carbonyl (C=O) groups is 3. The predicted molar refractivity (Wildman–Crippen MR) is 97.1 cm³/mol. The van der Waals surface area contributed by atoms with Gasteiger partial charge in [-0.1, -0.05) is 41.7 Å². The Morgan fingerprint density at radius 1 is 1.15 bits per heavy atom. The Hall–Kier alpha value is -2.74. The molecule has 0 fully saturated rings. The maximum absolute atomic E-state index is 12.6. The van der Waals surface area contributed by atoms with Crippen LogP contribution in [-0.2, 0) is 25.6 Å². The maximum Gasteiger partial charge on any atom is 0.350 e. The summed E-state index contributed by atoms with van der Waals surface area (Å²) in [6.07, 6.45) is 0. The number of nitrogens with zero attached hydrogens (tertiary/aromatic N) is 2. The van der Waals surface area contributed by atoms with E-state index in [1.165, 1.54) is 11.8 Å². The van der Waals surface area contributed by atoms with Crippen molar-refractivity contribution in [2.75, 3.05) is 18.1 Å². The first-order chi connectivity index (χ1) is 12.4. The molecule has 26 heavy (non-hydrogen) atoms. The molecule has 1 heterocycles. The van der Waals surface area contributed by atoms with E-state index in [2.05, 4.69) is 4.98 Å². The molecule has 0 spiro atoms. The first-order valence-electron chi connectivity index (χ1n) is 8.04. The fourth-order valence-electron chi connectivity index (χ4n) is 2.15. The Bertz CT molecular complexity index is 788. The lowest BCUT2D eigenvalue weighted by molar-refractivity contribution is -0.145. The number of anilines is 1. The van der Waals surface area contributed by atoms with E-state index in [-0.39, 0.29) is 13.2 Å². The second-order valence-corrected chi connectivity index (χ2v) is 6.35. The normalized spacial score (nSPS) is 10.3. The topological polar surface area (TPSA) is 85.8 Å². The Labute approximate surface area is 155 Å². The van der Waals surface area contributed by atoms with Gasteiger partial charge in [-0.05, 0) is 19.4 Å². The van der Waals surface area contributed by atoms with E-state index >= 15 is 0 Å². The molecule has 1 aromatic carbocycles. The SMILES string of the molecule is CCOC(=O)c1sc(N(Cc2ccccc2)C(=O)COC(C)=O)nc1C. The number of benzene rings is 1. The Kier molecular flexibility index (Phi) is 6.85. The molecule has 2 rings (SSSR count). The van der Waals surface area contributed by atoms with Gasteiger partial charge >= 0.3 is 11.9 Å². The fourth-order valence-corrected chi connectivity index (χ4v) is 3.13. The zero-order valence-corrected chi connectivity index (χ0v) is 15.7. The van der Waals surface area contributed by atoms with Crippen molar-refractivity contribution in [3.63, 3.8) is 0 Å². The maximum atomic E-state index is 12.6. The van der Waals surface area contributed by atoms with Crippen molar-refractivity contribution >= 4 is 34.3 Å². The lowest BCUT2D eigenvalue weighted by atomic mass is 10.2. The van der Waals surface area contributed by atoms with Crippen LogP contribution in [0.25, 0.3) is 0 Å². The molecule has 0 saturated heterocycles. The number of amides is 1. The van der Waals surface area contributed by atoms with E-state index in [1.807, 2.05) is 30.3 Å². The van der Waals surface area contributed by atoms with Crippen LogP contribution in [0.4, 0.5) is 5.13 Å². The quantitative estimate of drug-likeness (QED) is 0.691. The van der Waals surface area contributed by atoms with Gasteiger partial charge in [0, 0.05) is 6.92 Å². The van der Waals surface area contributed by atoms with Crippen molar-refractivity contribution in [1.82, 2.24) is 4.98 Å². The second kappa shape index (κ2) is 9.10. The van der Waals surface area contributed by atoms with Gasteiger partial charge in [0.15, 0.2) is 11.7 Å². The van der Waals surface area contributed by atoms with Crippen molar-refractivity contribution in [3.05, 3.63) is 46.5 Å². The van der Waals surface area contributed by atoms with Crippen molar-refractivity contribution in [2.24, 2.45) is 0 Å². The zero-order chi connectivity index (χ0) is 19.1. The number of aryl methyl sites for hydroxylation is 1. The molecule has 7 nitrogen and oxygen atoms in total. The number of esters is 2. The third-order valence-electron chi connectivity index (χ3n) is 3.36. The summed E-state index contributed by atoms with van der Waals surface area (Å²) in [4.78, 5) is 41.7. The average Bonchev–Trinajstić information content (AvgIpc) is 3.00. The van der Waals surface area contributed by atoms with Crippen LogP contribution in [0.3, 0.4) is 0 Å². The Morgan fingerprint density at radius 3 is 2.46 bits per heavy atom. The lowest BCUT2D eigenvalue weighted by Crippen LogP contribution is -2.34. The summed E-state index contributed by atoms with van der Waals surface area (Å²) < 4.78 is 9.84. The molecule has 138 valence electrons. The van der Waals surface area contributed by atoms with Gasteiger partial charge in [0.05, 0.1) is 18.8 Å². The van der Waals surface area contributed by atoms with E-state index in [0.717, 1.165) is 16.9 Å². The largest absolute Gasteiger partial charge is 0.462 e. The van der Waals surface area contributed by atoms with Crippen LogP contribution in [0.15, 0.2) is 30.3 Å². The number of rotatable bonds is 7. The number of aromatic nitrogens is 1. The molecule has 0 aliphatic heterocycles. The average molecular weight is 376 g/mol. The molecular weight excluding hydrogens is 356 g/mol. The van der Waals surface area contributed by atoms with Gasteiger partial charge in [0.2, 0.25) is 0 Å². The van der Waals surface area contributed by atoms with Crippen LogP contribution in [0.5, 0.6) is 0 Å². The zero-order valence-electron chi connectivity index (χ0n) is 14.9. The molecule has 0 bridgehead atoms. The van der Waals surface area contributed by atoms with Crippen LogP contribution < -0.4 is 4.90 Å². The highest BCUT2D eigenvalue weighted by molar-refractivity contribution is 7.17. The summed E-state index contributed by atoms with van der Waals surface area (Å²) in [5.41, 5.74) is 1.37. The van der Waals surface area contributed by atoms with E-state index in [9.17, 15) is 14.4 Å². The molecule has 0 N–H and O–H groups in total. The lowest BCUT2D eigenvalue weighted by Gasteiger charge is -2.19. The minimum Gasteiger partial charge on any atom is -0.462 e. The minimum absolute atomic E-state index is 0.246. The molecule has 0 unspecified atom stereocenters. The summed E-state index contributed by atoms with van der Waals surface area (Å²) in [6, 6.07) is 9.35. The molecule has 1 aromatic heterocycles. The number of hydrogen-bond donors (Lipinski definition) is 0. The summed E-state index contributed by atoms with van der Waals surface area (Å²) in [5, 5.41) is 0.353. The van der Waals surface area contributed by atoms with E-state index in [4.69, 9.17) is 9.47 Å².